The van der Waals surface area contributed by atoms with Crippen molar-refractivity contribution in [3.8, 4) is 0 Å². The molecule has 0 saturated carbocycles. The fraction of sp³-hybridized carbons (Fsp3) is 0.700. The molecule has 3 heteroatoms. The lowest BCUT2D eigenvalue weighted by molar-refractivity contribution is -0.114. The molecule has 1 unspecified atom stereocenters. The van der Waals surface area contributed by atoms with Crippen LogP contribution in [0.15, 0.2) is 11.8 Å². The lowest BCUT2D eigenvalue weighted by Crippen LogP contribution is -2.29. The van der Waals surface area contributed by atoms with E-state index in [0.29, 0.717) is 12.5 Å². The minimum atomic E-state index is 0.265. The van der Waals surface area contributed by atoms with Crippen LogP contribution in [-0.4, -0.2) is 23.8 Å². The van der Waals surface area contributed by atoms with Crippen molar-refractivity contribution < 1.29 is 4.79 Å². The highest BCUT2D eigenvalue weighted by Gasteiger charge is 2.14. The molecule has 0 aromatic carbocycles. The summed E-state index contributed by atoms with van der Waals surface area (Å²) >= 11 is 1.84. The molecular weight excluding hydrogens is 182 g/mol. The van der Waals surface area contributed by atoms with Crippen molar-refractivity contribution in [3.63, 3.8) is 0 Å². The van der Waals surface area contributed by atoms with E-state index in [9.17, 15) is 4.79 Å². The van der Waals surface area contributed by atoms with Crippen LogP contribution in [-0.2, 0) is 4.79 Å². The van der Waals surface area contributed by atoms with Crippen LogP contribution in [0, 0.1) is 0 Å². The van der Waals surface area contributed by atoms with Gasteiger partial charge >= 0.3 is 0 Å². The number of carbonyl (C=O) groups is 1. The Morgan fingerprint density at radius 2 is 2.38 bits per heavy atom. The summed E-state index contributed by atoms with van der Waals surface area (Å²) in [6.45, 7) is 2.17. The van der Waals surface area contributed by atoms with Crippen LogP contribution < -0.4 is 5.32 Å². The van der Waals surface area contributed by atoms with Crippen LogP contribution in [0.3, 0.4) is 0 Å². The molecule has 0 saturated heterocycles. The van der Waals surface area contributed by atoms with Gasteiger partial charge in [0.25, 0.3) is 0 Å². The third-order valence-corrected chi connectivity index (χ3v) is 2.96. The van der Waals surface area contributed by atoms with Gasteiger partial charge < -0.3 is 5.32 Å². The van der Waals surface area contributed by atoms with Crippen LogP contribution >= 0.6 is 11.8 Å². The molecule has 0 amide bonds. The maximum Gasteiger partial charge on any atom is 0.157 e. The lowest BCUT2D eigenvalue weighted by Gasteiger charge is -2.17. The Balaban J connectivity index is 2.37. The summed E-state index contributed by atoms with van der Waals surface area (Å²) in [6.07, 6.45) is 6.58. The second-order valence-electron chi connectivity index (χ2n) is 3.34. The molecule has 0 fully saturated rings. The van der Waals surface area contributed by atoms with E-state index < -0.39 is 0 Å². The summed E-state index contributed by atoms with van der Waals surface area (Å²) in [5, 5.41) is 3.42. The summed E-state index contributed by atoms with van der Waals surface area (Å²) in [4.78, 5) is 11.0. The number of thioether (sulfide) groups is 1. The molecule has 0 bridgehead atoms. The molecule has 0 aromatic rings. The largest absolute Gasteiger partial charge is 0.385 e. The number of nitrogens with one attached hydrogen (secondary N) is 1. The Labute approximate surface area is 84.2 Å². The Morgan fingerprint density at radius 1 is 1.62 bits per heavy atom. The van der Waals surface area contributed by atoms with Crippen molar-refractivity contribution in [2.75, 3.05) is 12.0 Å². The zero-order valence-electron chi connectivity index (χ0n) is 8.30. The van der Waals surface area contributed by atoms with Gasteiger partial charge in [-0.15, -0.1) is 0 Å². The highest BCUT2D eigenvalue weighted by atomic mass is 32.2. The highest BCUT2D eigenvalue weighted by Crippen LogP contribution is 2.14. The molecule has 1 rings (SSSR count). The van der Waals surface area contributed by atoms with Gasteiger partial charge in [-0.1, -0.05) is 6.92 Å². The highest BCUT2D eigenvalue weighted by molar-refractivity contribution is 7.98. The van der Waals surface area contributed by atoms with Crippen molar-refractivity contribution in [1.29, 1.82) is 0 Å². The van der Waals surface area contributed by atoms with E-state index >= 15 is 0 Å². The van der Waals surface area contributed by atoms with Gasteiger partial charge in [-0.2, -0.15) is 11.8 Å². The second kappa shape index (κ2) is 5.32. The topological polar surface area (TPSA) is 29.1 Å². The molecule has 74 valence electrons. The quantitative estimate of drug-likeness (QED) is 0.734. The first-order valence-electron chi connectivity index (χ1n) is 4.75. The summed E-state index contributed by atoms with van der Waals surface area (Å²) in [5.74, 6) is 1.38. The van der Waals surface area contributed by atoms with Crippen LogP contribution in [0.25, 0.3) is 0 Å². The molecule has 0 radical (unpaired) electrons. The predicted octanol–water partition coefficient (Wildman–Crippen LogP) is 1.96. The number of rotatable bonds is 5. The van der Waals surface area contributed by atoms with E-state index in [1.165, 1.54) is 0 Å². The molecular formula is C10H17NOS. The van der Waals surface area contributed by atoms with Gasteiger partial charge in [0, 0.05) is 30.0 Å². The van der Waals surface area contributed by atoms with Crippen LogP contribution in [0.1, 0.15) is 26.2 Å². The van der Waals surface area contributed by atoms with Gasteiger partial charge in [0.05, 0.1) is 0 Å². The van der Waals surface area contributed by atoms with Crippen molar-refractivity contribution in [2.45, 2.75) is 32.2 Å². The first-order valence-corrected chi connectivity index (χ1v) is 6.14. The molecule has 1 aliphatic carbocycles. The number of carbonyl (C=O) groups excluding carboxylic acids is 1. The minimum absolute atomic E-state index is 0.265. The fourth-order valence-electron chi connectivity index (χ4n) is 1.44. The van der Waals surface area contributed by atoms with Crippen molar-refractivity contribution in [2.24, 2.45) is 0 Å². The molecule has 1 N–H and O–H groups in total. The molecule has 0 spiro atoms. The van der Waals surface area contributed by atoms with E-state index in [0.717, 1.165) is 24.3 Å². The molecule has 2 nitrogen and oxygen atoms in total. The zero-order valence-corrected chi connectivity index (χ0v) is 9.12. The average Bonchev–Trinajstić information content (AvgIpc) is 2.50. The van der Waals surface area contributed by atoms with Crippen molar-refractivity contribution in [1.82, 2.24) is 5.32 Å². The molecule has 0 aliphatic heterocycles. The van der Waals surface area contributed by atoms with E-state index in [1.807, 2.05) is 11.8 Å². The molecule has 0 aromatic heterocycles. The third-order valence-electron chi connectivity index (χ3n) is 2.23. The van der Waals surface area contributed by atoms with E-state index in [4.69, 9.17) is 0 Å². The van der Waals surface area contributed by atoms with Gasteiger partial charge in [0.15, 0.2) is 5.78 Å². The summed E-state index contributed by atoms with van der Waals surface area (Å²) in [6, 6.07) is 0.521. The van der Waals surface area contributed by atoms with Gasteiger partial charge in [0.2, 0.25) is 0 Å². The van der Waals surface area contributed by atoms with Gasteiger partial charge in [-0.25, -0.2) is 0 Å². The van der Waals surface area contributed by atoms with Gasteiger partial charge in [-0.05, 0) is 19.1 Å². The third kappa shape index (κ3) is 3.43. The minimum Gasteiger partial charge on any atom is -0.385 e. The standard InChI is InChI=1S/C10H17NOS/c1-3-8(7-13-2)11-9-4-5-10(12)6-9/h6,8,11H,3-5,7H2,1-2H3. The second-order valence-corrected chi connectivity index (χ2v) is 4.25. The molecule has 0 heterocycles. The zero-order chi connectivity index (χ0) is 9.68. The molecule has 1 atom stereocenters. The van der Waals surface area contributed by atoms with Gasteiger partial charge in [0.1, 0.15) is 0 Å². The monoisotopic (exact) mass is 199 g/mol. The first kappa shape index (κ1) is 10.6. The normalized spacial score (nSPS) is 18.6. The lowest BCUT2D eigenvalue weighted by atomic mass is 10.2. The Kier molecular flexibility index (Phi) is 4.36. The Morgan fingerprint density at radius 3 is 2.85 bits per heavy atom. The van der Waals surface area contributed by atoms with E-state index in [2.05, 4.69) is 18.5 Å². The van der Waals surface area contributed by atoms with E-state index in [-0.39, 0.29) is 5.78 Å². The van der Waals surface area contributed by atoms with Crippen molar-refractivity contribution >= 4 is 17.5 Å². The number of ketones is 1. The Hall–Kier alpha value is -0.440. The SMILES string of the molecule is CCC(CSC)NC1=CC(=O)CC1. The van der Waals surface area contributed by atoms with Crippen LogP contribution in [0.4, 0.5) is 0 Å². The smallest absolute Gasteiger partial charge is 0.157 e. The number of hydrogen-bond acceptors (Lipinski definition) is 3. The Bertz CT molecular complexity index is 213. The molecule has 1 aliphatic rings. The summed E-state index contributed by atoms with van der Waals surface area (Å²) in [5.41, 5.74) is 1.13. The molecule has 13 heavy (non-hydrogen) atoms. The van der Waals surface area contributed by atoms with Gasteiger partial charge in [-0.3, -0.25) is 4.79 Å². The number of allylic oxidation sites excluding steroid dienone is 2. The predicted molar refractivity (Wildman–Crippen MR) is 57.9 cm³/mol. The maximum absolute atomic E-state index is 11.0. The summed E-state index contributed by atoms with van der Waals surface area (Å²) < 4.78 is 0. The van der Waals surface area contributed by atoms with Crippen LogP contribution in [0.5, 0.6) is 0 Å². The average molecular weight is 199 g/mol. The number of hydrogen-bond donors (Lipinski definition) is 1. The summed E-state index contributed by atoms with van der Waals surface area (Å²) in [7, 11) is 0. The van der Waals surface area contributed by atoms with Crippen molar-refractivity contribution in [3.05, 3.63) is 11.8 Å². The first-order chi connectivity index (χ1) is 6.26. The fourth-order valence-corrected chi connectivity index (χ4v) is 2.16. The maximum atomic E-state index is 11.0. The van der Waals surface area contributed by atoms with E-state index in [1.54, 1.807) is 6.08 Å². The van der Waals surface area contributed by atoms with Crippen LogP contribution in [0.2, 0.25) is 0 Å².